The molecule has 1 N–H and O–H groups in total. The van der Waals surface area contributed by atoms with Gasteiger partial charge in [0.25, 0.3) is 0 Å². The first-order valence-electron chi connectivity index (χ1n) is 8.02. The van der Waals surface area contributed by atoms with E-state index < -0.39 is 11.9 Å². The second-order valence-corrected chi connectivity index (χ2v) is 5.84. The highest BCUT2D eigenvalue weighted by molar-refractivity contribution is 5.65. The molecule has 0 unspecified atom stereocenters. The van der Waals surface area contributed by atoms with Gasteiger partial charge < -0.3 is 19.5 Å². The molecule has 25 heavy (non-hydrogen) atoms. The molecule has 1 amide bonds. The quantitative estimate of drug-likeness (QED) is 0.910. The highest BCUT2D eigenvalue weighted by atomic mass is 19.1. The van der Waals surface area contributed by atoms with Crippen LogP contribution in [-0.2, 0) is 0 Å². The molecule has 3 rings (SSSR count). The lowest BCUT2D eigenvalue weighted by atomic mass is 9.90. The fourth-order valence-electron chi connectivity index (χ4n) is 3.01. The molecule has 0 spiro atoms. The monoisotopic (exact) mass is 346 g/mol. The SMILES string of the molecule is COc1cc(F)ccc1Oc1ncccc1C1CCN(C(=O)O)CC1. The van der Waals surface area contributed by atoms with Crippen LogP contribution in [0.15, 0.2) is 36.5 Å². The maximum atomic E-state index is 13.3. The Kier molecular flexibility index (Phi) is 5.02. The van der Waals surface area contributed by atoms with Crippen LogP contribution < -0.4 is 9.47 Å². The second-order valence-electron chi connectivity index (χ2n) is 5.84. The number of rotatable bonds is 4. The molecule has 0 saturated carbocycles. The van der Waals surface area contributed by atoms with Gasteiger partial charge in [0.15, 0.2) is 11.5 Å². The number of halogens is 1. The summed E-state index contributed by atoms with van der Waals surface area (Å²) in [7, 11) is 1.45. The molecule has 1 aromatic carbocycles. The van der Waals surface area contributed by atoms with Gasteiger partial charge >= 0.3 is 6.09 Å². The summed E-state index contributed by atoms with van der Waals surface area (Å²) in [5.41, 5.74) is 0.916. The molecule has 1 aromatic heterocycles. The van der Waals surface area contributed by atoms with E-state index in [4.69, 9.17) is 14.6 Å². The van der Waals surface area contributed by atoms with Crippen LogP contribution in [0.4, 0.5) is 9.18 Å². The Morgan fingerprint density at radius 1 is 1.28 bits per heavy atom. The number of pyridine rings is 1. The summed E-state index contributed by atoms with van der Waals surface area (Å²) in [6, 6.07) is 7.81. The summed E-state index contributed by atoms with van der Waals surface area (Å²) < 4.78 is 24.4. The van der Waals surface area contributed by atoms with E-state index in [2.05, 4.69) is 4.98 Å². The predicted octanol–water partition coefficient (Wildman–Crippen LogP) is 3.88. The minimum Gasteiger partial charge on any atom is -0.493 e. The molecule has 2 aromatic rings. The van der Waals surface area contributed by atoms with Gasteiger partial charge in [-0.2, -0.15) is 0 Å². The number of methoxy groups -OCH3 is 1. The van der Waals surface area contributed by atoms with Crippen LogP contribution in [-0.4, -0.2) is 41.3 Å². The minimum atomic E-state index is -0.892. The Morgan fingerprint density at radius 3 is 2.72 bits per heavy atom. The van der Waals surface area contributed by atoms with E-state index in [9.17, 15) is 9.18 Å². The van der Waals surface area contributed by atoms with Crippen LogP contribution >= 0.6 is 0 Å². The van der Waals surface area contributed by atoms with E-state index in [-0.39, 0.29) is 11.7 Å². The van der Waals surface area contributed by atoms with E-state index in [0.29, 0.717) is 37.6 Å². The molecule has 0 atom stereocenters. The molecule has 1 saturated heterocycles. The molecule has 132 valence electrons. The number of carboxylic acid groups (broad SMARTS) is 1. The van der Waals surface area contributed by atoms with Crippen molar-refractivity contribution < 1.29 is 23.8 Å². The summed E-state index contributed by atoms with van der Waals surface area (Å²) in [5, 5.41) is 9.07. The van der Waals surface area contributed by atoms with Crippen LogP contribution in [0.5, 0.6) is 17.4 Å². The van der Waals surface area contributed by atoms with Crippen molar-refractivity contribution in [1.82, 2.24) is 9.88 Å². The normalized spacial score (nSPS) is 15.0. The number of ether oxygens (including phenoxy) is 2. The second kappa shape index (κ2) is 7.38. The van der Waals surface area contributed by atoms with Crippen LogP contribution in [0, 0.1) is 5.82 Å². The highest BCUT2D eigenvalue weighted by Gasteiger charge is 2.26. The molecule has 1 fully saturated rings. The Bertz CT molecular complexity index is 760. The fraction of sp³-hybridized carbons (Fsp3) is 0.333. The van der Waals surface area contributed by atoms with Crippen LogP contribution in [0.25, 0.3) is 0 Å². The maximum Gasteiger partial charge on any atom is 0.407 e. The number of piperidine rings is 1. The summed E-state index contributed by atoms with van der Waals surface area (Å²) in [4.78, 5) is 16.8. The van der Waals surface area contributed by atoms with Gasteiger partial charge in [-0.3, -0.25) is 0 Å². The van der Waals surface area contributed by atoms with Gasteiger partial charge in [-0.1, -0.05) is 6.07 Å². The van der Waals surface area contributed by atoms with E-state index >= 15 is 0 Å². The van der Waals surface area contributed by atoms with Gasteiger partial charge in [0.1, 0.15) is 5.82 Å². The van der Waals surface area contributed by atoms with Crippen molar-refractivity contribution in [3.05, 3.63) is 47.9 Å². The molecule has 1 aliphatic heterocycles. The Balaban J connectivity index is 1.81. The number of likely N-dealkylation sites (tertiary alicyclic amines) is 1. The summed E-state index contributed by atoms with van der Waals surface area (Å²) >= 11 is 0. The standard InChI is InChI=1S/C18H19FN2O4/c1-24-16-11-13(19)4-5-15(16)25-17-14(3-2-8-20-17)12-6-9-21(10-7-12)18(22)23/h2-5,8,11-12H,6-7,9-10H2,1H3,(H,22,23). The molecule has 1 aliphatic rings. The number of hydrogen-bond donors (Lipinski definition) is 1. The molecule has 7 heteroatoms. The molecular weight excluding hydrogens is 327 g/mol. The summed E-state index contributed by atoms with van der Waals surface area (Å²) in [5.74, 6) is 0.850. The van der Waals surface area contributed by atoms with Gasteiger partial charge in [-0.15, -0.1) is 0 Å². The number of aromatic nitrogens is 1. The zero-order valence-corrected chi connectivity index (χ0v) is 13.8. The van der Waals surface area contributed by atoms with E-state index in [1.165, 1.54) is 30.2 Å². The zero-order chi connectivity index (χ0) is 17.8. The minimum absolute atomic E-state index is 0.158. The van der Waals surface area contributed by atoms with Crippen molar-refractivity contribution in [3.8, 4) is 17.4 Å². The molecular formula is C18H19FN2O4. The molecule has 0 radical (unpaired) electrons. The van der Waals surface area contributed by atoms with Crippen molar-refractivity contribution in [2.75, 3.05) is 20.2 Å². The third kappa shape index (κ3) is 3.81. The highest BCUT2D eigenvalue weighted by Crippen LogP contribution is 2.37. The number of carbonyl (C=O) groups is 1. The lowest BCUT2D eigenvalue weighted by molar-refractivity contribution is 0.132. The third-order valence-corrected chi connectivity index (χ3v) is 4.34. The molecule has 0 aliphatic carbocycles. The molecule has 6 nitrogen and oxygen atoms in total. The number of hydrogen-bond acceptors (Lipinski definition) is 4. The topological polar surface area (TPSA) is 71.9 Å². The first-order chi connectivity index (χ1) is 12.1. The average Bonchev–Trinajstić information content (AvgIpc) is 2.63. The smallest absolute Gasteiger partial charge is 0.407 e. The van der Waals surface area contributed by atoms with Gasteiger partial charge in [0.2, 0.25) is 5.88 Å². The lowest BCUT2D eigenvalue weighted by Crippen LogP contribution is -2.36. The average molecular weight is 346 g/mol. The van der Waals surface area contributed by atoms with E-state index in [0.717, 1.165) is 5.56 Å². The van der Waals surface area contributed by atoms with Crippen molar-refractivity contribution in [3.63, 3.8) is 0 Å². The Labute approximate surface area is 144 Å². The number of amides is 1. The van der Waals surface area contributed by atoms with Crippen LogP contribution in [0.2, 0.25) is 0 Å². The van der Waals surface area contributed by atoms with Gasteiger partial charge in [-0.05, 0) is 37.0 Å². The lowest BCUT2D eigenvalue weighted by Gasteiger charge is -2.30. The molecule has 0 bridgehead atoms. The predicted molar refractivity (Wildman–Crippen MR) is 88.8 cm³/mol. The van der Waals surface area contributed by atoms with Crippen LogP contribution in [0.3, 0.4) is 0 Å². The molecule has 2 heterocycles. The van der Waals surface area contributed by atoms with Crippen molar-refractivity contribution in [2.24, 2.45) is 0 Å². The maximum absolute atomic E-state index is 13.3. The van der Waals surface area contributed by atoms with Crippen molar-refractivity contribution in [1.29, 1.82) is 0 Å². The largest absolute Gasteiger partial charge is 0.493 e. The Hall–Kier alpha value is -2.83. The van der Waals surface area contributed by atoms with E-state index in [1.807, 2.05) is 12.1 Å². The van der Waals surface area contributed by atoms with Gasteiger partial charge in [-0.25, -0.2) is 14.2 Å². The van der Waals surface area contributed by atoms with Crippen molar-refractivity contribution in [2.45, 2.75) is 18.8 Å². The van der Waals surface area contributed by atoms with Crippen LogP contribution in [0.1, 0.15) is 24.3 Å². The number of benzene rings is 1. The van der Waals surface area contributed by atoms with Crippen molar-refractivity contribution >= 4 is 6.09 Å². The van der Waals surface area contributed by atoms with Gasteiger partial charge in [0, 0.05) is 30.9 Å². The zero-order valence-electron chi connectivity index (χ0n) is 13.8. The first-order valence-corrected chi connectivity index (χ1v) is 8.02. The third-order valence-electron chi connectivity index (χ3n) is 4.34. The fourth-order valence-corrected chi connectivity index (χ4v) is 3.01. The first kappa shape index (κ1) is 17.0. The van der Waals surface area contributed by atoms with Gasteiger partial charge in [0.05, 0.1) is 7.11 Å². The Morgan fingerprint density at radius 2 is 2.04 bits per heavy atom. The summed E-state index contributed by atoms with van der Waals surface area (Å²) in [6.45, 7) is 0.961. The number of nitrogens with zero attached hydrogens (tertiary/aromatic N) is 2. The summed E-state index contributed by atoms with van der Waals surface area (Å²) in [6.07, 6.45) is 2.14. The van der Waals surface area contributed by atoms with E-state index in [1.54, 1.807) is 6.20 Å².